The molecule has 0 radical (unpaired) electrons. The van der Waals surface area contributed by atoms with Crippen molar-refractivity contribution in [3.05, 3.63) is 120 Å². The number of benzene rings is 4. The number of hydrogen-bond donors (Lipinski definition) is 4. The minimum absolute atomic E-state index is 0.0916. The van der Waals surface area contributed by atoms with E-state index in [0.29, 0.717) is 28.4 Å². The summed E-state index contributed by atoms with van der Waals surface area (Å²) in [6.07, 6.45) is 3.44. The molecular formula is C34H30N4O5S. The number of para-hydroxylation sites is 1. The molecule has 0 aliphatic rings. The number of rotatable bonds is 11. The van der Waals surface area contributed by atoms with Gasteiger partial charge >= 0.3 is 0 Å². The summed E-state index contributed by atoms with van der Waals surface area (Å²) in [5.74, 6) is 0.226. The Morgan fingerprint density at radius 3 is 2.25 bits per heavy atom. The van der Waals surface area contributed by atoms with E-state index in [9.17, 15) is 14.4 Å². The van der Waals surface area contributed by atoms with Crippen molar-refractivity contribution in [2.45, 2.75) is 4.90 Å². The van der Waals surface area contributed by atoms with E-state index in [-0.39, 0.29) is 17.4 Å². The SMILES string of the molecule is COc1ccc(NC(=O)CSc2ccc(NC(=O)/C(=C/c3c[nH]c4ccccc34)NC(=O)c3ccccc3)cc2)cc1OC. The van der Waals surface area contributed by atoms with E-state index in [1.54, 1.807) is 74.0 Å². The van der Waals surface area contributed by atoms with Crippen molar-refractivity contribution in [1.29, 1.82) is 0 Å². The van der Waals surface area contributed by atoms with Gasteiger partial charge in [0.2, 0.25) is 5.91 Å². The normalized spacial score (nSPS) is 11.1. The third-order valence-corrected chi connectivity index (χ3v) is 7.61. The first kappa shape index (κ1) is 30.0. The Morgan fingerprint density at radius 2 is 1.50 bits per heavy atom. The molecule has 44 heavy (non-hydrogen) atoms. The number of H-pyrrole nitrogens is 1. The van der Waals surface area contributed by atoms with Crippen LogP contribution in [0.4, 0.5) is 11.4 Å². The fourth-order valence-corrected chi connectivity index (χ4v) is 5.10. The van der Waals surface area contributed by atoms with Gasteiger partial charge in [-0.05, 0) is 60.7 Å². The summed E-state index contributed by atoms with van der Waals surface area (Å²) in [6, 6.07) is 28.7. The molecule has 5 aromatic rings. The first-order chi connectivity index (χ1) is 21.4. The summed E-state index contributed by atoms with van der Waals surface area (Å²) in [7, 11) is 3.08. The topological polar surface area (TPSA) is 122 Å². The molecule has 0 spiro atoms. The Kier molecular flexibility index (Phi) is 9.63. The molecule has 4 aromatic carbocycles. The molecule has 3 amide bonds. The van der Waals surface area contributed by atoms with Crippen LogP contribution in [-0.2, 0) is 9.59 Å². The zero-order valence-electron chi connectivity index (χ0n) is 24.0. The molecule has 10 heteroatoms. The van der Waals surface area contributed by atoms with Crippen molar-refractivity contribution >= 4 is 57.8 Å². The predicted octanol–water partition coefficient (Wildman–Crippen LogP) is 6.33. The van der Waals surface area contributed by atoms with Gasteiger partial charge in [-0.1, -0.05) is 36.4 Å². The maximum absolute atomic E-state index is 13.4. The van der Waals surface area contributed by atoms with Crippen molar-refractivity contribution in [3.63, 3.8) is 0 Å². The number of thioether (sulfide) groups is 1. The largest absolute Gasteiger partial charge is 0.493 e. The van der Waals surface area contributed by atoms with Gasteiger partial charge in [0.05, 0.1) is 20.0 Å². The van der Waals surface area contributed by atoms with Crippen LogP contribution in [0.15, 0.2) is 114 Å². The highest BCUT2D eigenvalue weighted by Gasteiger charge is 2.16. The van der Waals surface area contributed by atoms with Crippen LogP contribution in [0, 0.1) is 0 Å². The van der Waals surface area contributed by atoms with Crippen molar-refractivity contribution in [2.75, 3.05) is 30.6 Å². The lowest BCUT2D eigenvalue weighted by Crippen LogP contribution is -2.30. The quantitative estimate of drug-likeness (QED) is 0.103. The highest BCUT2D eigenvalue weighted by atomic mass is 32.2. The predicted molar refractivity (Wildman–Crippen MR) is 174 cm³/mol. The van der Waals surface area contributed by atoms with Crippen LogP contribution in [0.25, 0.3) is 17.0 Å². The van der Waals surface area contributed by atoms with Crippen LogP contribution in [0.5, 0.6) is 11.5 Å². The second-order valence-corrected chi connectivity index (χ2v) is 10.6. The summed E-state index contributed by atoms with van der Waals surface area (Å²) < 4.78 is 10.5. The van der Waals surface area contributed by atoms with Crippen molar-refractivity contribution in [1.82, 2.24) is 10.3 Å². The van der Waals surface area contributed by atoms with Crippen LogP contribution in [0.1, 0.15) is 15.9 Å². The van der Waals surface area contributed by atoms with Crippen molar-refractivity contribution in [2.24, 2.45) is 0 Å². The second kappa shape index (κ2) is 14.1. The number of carbonyl (C=O) groups excluding carboxylic acids is 3. The average molecular weight is 607 g/mol. The van der Waals surface area contributed by atoms with Gasteiger partial charge < -0.3 is 30.4 Å². The molecule has 9 nitrogen and oxygen atoms in total. The Balaban J connectivity index is 1.24. The highest BCUT2D eigenvalue weighted by molar-refractivity contribution is 8.00. The van der Waals surface area contributed by atoms with Crippen LogP contribution in [0.3, 0.4) is 0 Å². The molecule has 0 unspecified atom stereocenters. The van der Waals surface area contributed by atoms with Gasteiger partial charge in [-0.25, -0.2) is 0 Å². The number of aromatic amines is 1. The molecule has 1 heterocycles. The third-order valence-electron chi connectivity index (χ3n) is 6.60. The molecule has 0 aliphatic heterocycles. The molecule has 0 fully saturated rings. The summed E-state index contributed by atoms with van der Waals surface area (Å²) in [5.41, 5.74) is 3.33. The van der Waals surface area contributed by atoms with E-state index in [1.165, 1.54) is 18.9 Å². The number of anilines is 2. The van der Waals surface area contributed by atoms with Gasteiger partial charge in [0.1, 0.15) is 5.70 Å². The smallest absolute Gasteiger partial charge is 0.272 e. The molecular weight excluding hydrogens is 576 g/mol. The molecule has 222 valence electrons. The summed E-state index contributed by atoms with van der Waals surface area (Å²) >= 11 is 1.36. The Hall–Kier alpha value is -5.48. The van der Waals surface area contributed by atoms with Gasteiger partial charge in [-0.3, -0.25) is 14.4 Å². The maximum Gasteiger partial charge on any atom is 0.272 e. The minimum atomic E-state index is -0.478. The first-order valence-corrected chi connectivity index (χ1v) is 14.6. The zero-order valence-corrected chi connectivity index (χ0v) is 24.9. The number of hydrogen-bond acceptors (Lipinski definition) is 6. The number of fused-ring (bicyclic) bond motifs is 1. The molecule has 0 saturated heterocycles. The number of aromatic nitrogens is 1. The van der Waals surface area contributed by atoms with Gasteiger partial charge in [0, 0.05) is 50.6 Å². The van der Waals surface area contributed by atoms with Crippen LogP contribution >= 0.6 is 11.8 Å². The molecule has 0 atom stereocenters. The number of methoxy groups -OCH3 is 2. The molecule has 5 rings (SSSR count). The fourth-order valence-electron chi connectivity index (χ4n) is 4.40. The van der Waals surface area contributed by atoms with Crippen molar-refractivity contribution in [3.8, 4) is 11.5 Å². The number of carbonyl (C=O) groups is 3. The number of nitrogens with one attached hydrogen (secondary N) is 4. The molecule has 0 bridgehead atoms. The van der Waals surface area contributed by atoms with Crippen LogP contribution < -0.4 is 25.4 Å². The maximum atomic E-state index is 13.4. The molecule has 0 aliphatic carbocycles. The fraction of sp³-hybridized carbons (Fsp3) is 0.0882. The Bertz CT molecular complexity index is 1820. The first-order valence-electron chi connectivity index (χ1n) is 13.6. The Labute approximate surface area is 258 Å². The third kappa shape index (κ3) is 7.47. The lowest BCUT2D eigenvalue weighted by Gasteiger charge is -2.12. The van der Waals surface area contributed by atoms with Gasteiger partial charge in [-0.2, -0.15) is 0 Å². The monoisotopic (exact) mass is 606 g/mol. The standard InChI is InChI=1S/C34H30N4O5S/c1-42-30-17-14-25(19-31(30)43-2)36-32(39)21-44-26-15-12-24(13-16-26)37-34(41)29(38-33(40)22-8-4-3-5-9-22)18-23-20-35-28-11-7-6-10-27(23)28/h3-20,35H,21H2,1-2H3,(H,36,39)(H,37,41)(H,38,40)/b29-18-. The summed E-state index contributed by atoms with van der Waals surface area (Å²) in [5, 5.41) is 9.40. The van der Waals surface area contributed by atoms with E-state index in [1.807, 2.05) is 42.5 Å². The van der Waals surface area contributed by atoms with Crippen LogP contribution in [-0.4, -0.2) is 42.7 Å². The highest BCUT2D eigenvalue weighted by Crippen LogP contribution is 2.30. The van der Waals surface area contributed by atoms with E-state index in [0.717, 1.165) is 21.4 Å². The number of amides is 3. The Morgan fingerprint density at radius 1 is 0.795 bits per heavy atom. The lowest BCUT2D eigenvalue weighted by atomic mass is 10.1. The van der Waals surface area contributed by atoms with E-state index < -0.39 is 11.8 Å². The summed E-state index contributed by atoms with van der Waals surface area (Å²) in [6.45, 7) is 0. The van der Waals surface area contributed by atoms with Gasteiger partial charge in [0.25, 0.3) is 11.8 Å². The van der Waals surface area contributed by atoms with E-state index in [4.69, 9.17) is 9.47 Å². The molecule has 0 saturated carbocycles. The van der Waals surface area contributed by atoms with Gasteiger partial charge in [-0.15, -0.1) is 11.8 Å². The molecule has 4 N–H and O–H groups in total. The summed E-state index contributed by atoms with van der Waals surface area (Å²) in [4.78, 5) is 42.9. The van der Waals surface area contributed by atoms with Crippen LogP contribution in [0.2, 0.25) is 0 Å². The van der Waals surface area contributed by atoms with Crippen molar-refractivity contribution < 1.29 is 23.9 Å². The lowest BCUT2D eigenvalue weighted by molar-refractivity contribution is -0.114. The zero-order chi connectivity index (χ0) is 30.9. The minimum Gasteiger partial charge on any atom is -0.493 e. The van der Waals surface area contributed by atoms with E-state index in [2.05, 4.69) is 20.9 Å². The average Bonchev–Trinajstić information content (AvgIpc) is 3.47. The second-order valence-electron chi connectivity index (χ2n) is 9.55. The van der Waals surface area contributed by atoms with E-state index >= 15 is 0 Å². The van der Waals surface area contributed by atoms with Gasteiger partial charge in [0.15, 0.2) is 11.5 Å². The molecule has 1 aromatic heterocycles. The number of ether oxygens (including phenoxy) is 2.